The molecule has 0 bridgehead atoms. The molecule has 0 fully saturated rings. The third-order valence-corrected chi connectivity index (χ3v) is 0.965. The number of rotatable bonds is 0. The van der Waals surface area contributed by atoms with E-state index in [1.807, 2.05) is 0 Å². The molecule has 0 unspecified atom stereocenters. The van der Waals surface area contributed by atoms with E-state index < -0.39 is 24.6 Å². The van der Waals surface area contributed by atoms with Crippen molar-refractivity contribution in [3.05, 3.63) is 24.0 Å². The van der Waals surface area contributed by atoms with Crippen LogP contribution in [0.3, 0.4) is 0 Å². The van der Waals surface area contributed by atoms with Gasteiger partial charge in [-0.2, -0.15) is 0 Å². The van der Waals surface area contributed by atoms with Crippen molar-refractivity contribution in [1.82, 2.24) is 0 Å². The molecule has 0 atom stereocenters. The summed E-state index contributed by atoms with van der Waals surface area (Å²) in [6.07, 6.45) is 0. The number of hydrogen-bond acceptors (Lipinski definition) is 5. The monoisotopic (exact) mass is 198 g/mol. The van der Waals surface area contributed by atoms with Crippen LogP contribution >= 0.6 is 0 Å². The molecule has 5 nitrogen and oxygen atoms in total. The average molecular weight is 198 g/mol. The van der Waals surface area contributed by atoms with E-state index in [1.165, 1.54) is 12.1 Å². The minimum absolute atomic E-state index is 0. The van der Waals surface area contributed by atoms with E-state index in [4.69, 9.17) is 25.3 Å². The Morgan fingerprint density at radius 3 is 1.86 bits per heavy atom. The van der Waals surface area contributed by atoms with Gasteiger partial charge in [-0.05, 0) is 12.1 Å². The first-order valence-electron chi connectivity index (χ1n) is 3.15. The predicted molar refractivity (Wildman–Crippen MR) is 43.3 cm³/mol. The SMILES string of the molecule is OB(O)O.Oc1cccc(F)c1O.[H-].[Li+]. The van der Waals surface area contributed by atoms with Crippen LogP contribution in [0.25, 0.3) is 0 Å². The second kappa shape index (κ2) is 7.67. The van der Waals surface area contributed by atoms with Gasteiger partial charge in [-0.25, -0.2) is 4.39 Å². The fourth-order valence-electron chi connectivity index (χ4n) is 0.504. The quantitative estimate of drug-likeness (QED) is 0.218. The third kappa shape index (κ3) is 6.77. The molecule has 0 aliphatic carbocycles. The standard InChI is InChI=1S/C6H5FO2.BH3O3.Li.H/c7-4-2-1-3-5(8)6(4)9;2-1(3)4;;/h1-3,8-9H;2-4H;;/q;;+1;-1. The summed E-state index contributed by atoms with van der Waals surface area (Å²) in [4.78, 5) is 0. The van der Waals surface area contributed by atoms with Gasteiger partial charge in [0.15, 0.2) is 17.3 Å². The topological polar surface area (TPSA) is 101 Å². The molecule has 8 heteroatoms. The Balaban J connectivity index is -0.000000213. The van der Waals surface area contributed by atoms with E-state index >= 15 is 0 Å². The zero-order valence-electron chi connectivity index (χ0n) is 8.42. The largest absolute Gasteiger partial charge is 1.00 e. The van der Waals surface area contributed by atoms with Gasteiger partial charge in [0.05, 0.1) is 0 Å². The van der Waals surface area contributed by atoms with Crippen molar-refractivity contribution in [2.45, 2.75) is 0 Å². The maximum Gasteiger partial charge on any atom is 1.00 e. The molecule has 0 aliphatic rings. The molecule has 1 aromatic rings. The van der Waals surface area contributed by atoms with Crippen molar-refractivity contribution in [2.75, 3.05) is 0 Å². The number of phenols is 2. The summed E-state index contributed by atoms with van der Waals surface area (Å²) in [5.41, 5.74) is 0. The molecule has 0 spiro atoms. The molecule has 0 saturated heterocycles. The van der Waals surface area contributed by atoms with E-state index in [2.05, 4.69) is 0 Å². The molecule has 0 amide bonds. The summed E-state index contributed by atoms with van der Waals surface area (Å²) in [6.45, 7) is 0. The first-order valence-corrected chi connectivity index (χ1v) is 3.15. The zero-order valence-corrected chi connectivity index (χ0v) is 7.42. The number of hydrogen-bond donors (Lipinski definition) is 5. The van der Waals surface area contributed by atoms with Gasteiger partial charge in [0.25, 0.3) is 0 Å². The molecule has 0 aliphatic heterocycles. The summed E-state index contributed by atoms with van der Waals surface area (Å²) in [6, 6.07) is 3.58. The van der Waals surface area contributed by atoms with Crippen LogP contribution in [0.2, 0.25) is 0 Å². The van der Waals surface area contributed by atoms with Gasteiger partial charge >= 0.3 is 26.2 Å². The average Bonchev–Trinajstić information content (AvgIpc) is 1.99. The molecule has 1 aromatic carbocycles. The van der Waals surface area contributed by atoms with Gasteiger partial charge in [-0.1, -0.05) is 6.07 Å². The Morgan fingerprint density at radius 1 is 1.14 bits per heavy atom. The van der Waals surface area contributed by atoms with Crippen molar-refractivity contribution in [1.29, 1.82) is 0 Å². The number of aromatic hydroxyl groups is 2. The minimum Gasteiger partial charge on any atom is -1.00 e. The first-order chi connectivity index (χ1) is 5.95. The Kier molecular flexibility index (Phi) is 8.63. The smallest absolute Gasteiger partial charge is 1.00 e. The van der Waals surface area contributed by atoms with Crippen molar-refractivity contribution in [2.24, 2.45) is 0 Å². The number of halogens is 1. The van der Waals surface area contributed by atoms with Gasteiger partial charge in [0.2, 0.25) is 0 Å². The summed E-state index contributed by atoms with van der Waals surface area (Å²) >= 11 is 0. The van der Waals surface area contributed by atoms with Crippen LogP contribution < -0.4 is 18.9 Å². The third-order valence-electron chi connectivity index (χ3n) is 0.965. The zero-order chi connectivity index (χ0) is 10.4. The van der Waals surface area contributed by atoms with Gasteiger partial charge in [-0.15, -0.1) is 0 Å². The second-order valence-corrected chi connectivity index (χ2v) is 1.95. The van der Waals surface area contributed by atoms with E-state index in [-0.39, 0.29) is 20.3 Å². The van der Waals surface area contributed by atoms with Gasteiger partial charge < -0.3 is 26.7 Å². The van der Waals surface area contributed by atoms with E-state index in [0.717, 1.165) is 6.07 Å². The summed E-state index contributed by atoms with van der Waals surface area (Å²) in [7, 11) is -2.17. The Bertz CT molecular complexity index is 255. The maximum atomic E-state index is 12.2. The van der Waals surface area contributed by atoms with E-state index in [0.29, 0.717) is 0 Å². The molecule has 1 rings (SSSR count). The molecule has 0 aromatic heterocycles. The predicted octanol–water partition coefficient (Wildman–Crippen LogP) is -3.70. The molecule has 5 N–H and O–H groups in total. The van der Waals surface area contributed by atoms with Crippen LogP contribution in [0, 0.1) is 5.82 Å². The van der Waals surface area contributed by atoms with Crippen molar-refractivity contribution in [3.63, 3.8) is 0 Å². The first kappa shape index (κ1) is 15.8. The van der Waals surface area contributed by atoms with E-state index in [1.54, 1.807) is 0 Å². The fraction of sp³-hybridized carbons (Fsp3) is 0. The van der Waals surface area contributed by atoms with Crippen molar-refractivity contribution >= 4 is 7.32 Å². The molecular formula is C6H9BFLiO5. The molecule has 0 radical (unpaired) electrons. The Hall–Kier alpha value is -0.708. The van der Waals surface area contributed by atoms with E-state index in [9.17, 15) is 4.39 Å². The molecule has 0 saturated carbocycles. The van der Waals surface area contributed by atoms with Gasteiger partial charge in [0.1, 0.15) is 0 Å². The number of benzene rings is 1. The van der Waals surface area contributed by atoms with Crippen LogP contribution in [0.5, 0.6) is 11.5 Å². The molecular weight excluding hydrogens is 189 g/mol. The number of para-hydroxylation sites is 1. The van der Waals surface area contributed by atoms with Gasteiger partial charge in [-0.3, -0.25) is 0 Å². The molecule has 0 heterocycles. The Morgan fingerprint density at radius 2 is 1.57 bits per heavy atom. The van der Waals surface area contributed by atoms with Crippen molar-refractivity contribution in [3.8, 4) is 11.5 Å². The normalized spacial score (nSPS) is 8.00. The summed E-state index contributed by atoms with van der Waals surface area (Å²) in [5.74, 6) is -1.94. The number of phenolic OH excluding ortho intramolecular Hbond substituents is 2. The van der Waals surface area contributed by atoms with Crippen molar-refractivity contribution < 1.29 is 50.0 Å². The molecule has 74 valence electrons. The minimum atomic E-state index is -2.17. The Labute approximate surface area is 93.3 Å². The second-order valence-electron chi connectivity index (χ2n) is 1.95. The van der Waals surface area contributed by atoms with Gasteiger partial charge in [0, 0.05) is 0 Å². The van der Waals surface area contributed by atoms with Crippen LogP contribution in [-0.4, -0.2) is 32.6 Å². The summed E-state index contributed by atoms with van der Waals surface area (Å²) < 4.78 is 12.2. The summed E-state index contributed by atoms with van der Waals surface area (Å²) in [5, 5.41) is 38.7. The fourth-order valence-corrected chi connectivity index (χ4v) is 0.504. The maximum absolute atomic E-state index is 12.2. The van der Waals surface area contributed by atoms with Crippen LogP contribution in [0.15, 0.2) is 18.2 Å². The van der Waals surface area contributed by atoms with Crippen LogP contribution in [0.1, 0.15) is 1.43 Å². The van der Waals surface area contributed by atoms with Crippen LogP contribution in [-0.2, 0) is 0 Å². The molecule has 14 heavy (non-hydrogen) atoms. The van der Waals surface area contributed by atoms with Crippen LogP contribution in [0.4, 0.5) is 4.39 Å².